The van der Waals surface area contributed by atoms with Crippen molar-refractivity contribution in [3.05, 3.63) is 18.6 Å². The van der Waals surface area contributed by atoms with Gasteiger partial charge in [-0.05, 0) is 25.3 Å². The van der Waals surface area contributed by atoms with Crippen LogP contribution in [-0.4, -0.2) is 45.5 Å². The highest BCUT2D eigenvalue weighted by Gasteiger charge is 2.37. The zero-order chi connectivity index (χ0) is 14.4. The smallest absolute Gasteiger partial charge is 0.225 e. The molecule has 4 rings (SSSR count). The first-order valence-corrected chi connectivity index (χ1v) is 7.42. The minimum atomic E-state index is 0.296. The van der Waals surface area contributed by atoms with Gasteiger partial charge in [0.05, 0.1) is 18.5 Å². The number of carbonyl (C=O) groups excluding carboxylic acids is 1. The fourth-order valence-corrected chi connectivity index (χ4v) is 3.16. The molecule has 6 heteroatoms. The largest absolute Gasteiger partial charge is 0.480 e. The maximum atomic E-state index is 12.2. The molecule has 0 aromatic carbocycles. The molecule has 0 N–H and O–H groups in total. The third kappa shape index (κ3) is 2.05. The molecule has 2 aromatic heterocycles. The summed E-state index contributed by atoms with van der Waals surface area (Å²) in [5.41, 5.74) is 0.882. The lowest BCUT2D eigenvalue weighted by atomic mass is 10.2. The van der Waals surface area contributed by atoms with Gasteiger partial charge in [0.2, 0.25) is 11.8 Å². The maximum absolute atomic E-state index is 12.2. The number of hydrogen-bond acceptors (Lipinski definition) is 4. The average molecular weight is 286 g/mol. The summed E-state index contributed by atoms with van der Waals surface area (Å²) in [5, 5.41) is 0.923. The lowest BCUT2D eigenvalue weighted by Gasteiger charge is -2.17. The molecule has 6 nitrogen and oxygen atoms in total. The van der Waals surface area contributed by atoms with Crippen LogP contribution in [0.2, 0.25) is 0 Å². The molecule has 1 aliphatic heterocycles. The number of likely N-dealkylation sites (tertiary alicyclic amines) is 1. The zero-order valence-electron chi connectivity index (χ0n) is 12.0. The lowest BCUT2D eigenvalue weighted by molar-refractivity contribution is -0.131. The normalized spacial score (nSPS) is 22.0. The second-order valence-corrected chi connectivity index (χ2v) is 5.84. The van der Waals surface area contributed by atoms with Crippen molar-refractivity contribution in [1.82, 2.24) is 19.4 Å². The molecule has 21 heavy (non-hydrogen) atoms. The molecule has 2 aromatic rings. The van der Waals surface area contributed by atoms with E-state index in [0.29, 0.717) is 23.7 Å². The monoisotopic (exact) mass is 286 g/mol. The van der Waals surface area contributed by atoms with Crippen LogP contribution in [0.25, 0.3) is 11.0 Å². The number of ether oxygens (including phenoxy) is 1. The van der Waals surface area contributed by atoms with Gasteiger partial charge >= 0.3 is 0 Å². The standard InChI is InChI=1S/C15H18N4O2/c1-21-14-12-5-7-19(13(12)16-9-17-14)11-4-6-18(8-11)15(20)10-2-3-10/h5,7,9-11H,2-4,6,8H2,1H3. The van der Waals surface area contributed by atoms with Gasteiger partial charge in [0.25, 0.3) is 0 Å². The van der Waals surface area contributed by atoms with Crippen LogP contribution in [0.15, 0.2) is 18.6 Å². The Morgan fingerprint density at radius 1 is 1.33 bits per heavy atom. The highest BCUT2D eigenvalue weighted by atomic mass is 16.5. The van der Waals surface area contributed by atoms with Crippen LogP contribution in [0.4, 0.5) is 0 Å². The first-order valence-electron chi connectivity index (χ1n) is 7.42. The van der Waals surface area contributed by atoms with Gasteiger partial charge in [-0.3, -0.25) is 4.79 Å². The van der Waals surface area contributed by atoms with Crippen LogP contribution >= 0.6 is 0 Å². The minimum Gasteiger partial charge on any atom is -0.480 e. The number of amides is 1. The topological polar surface area (TPSA) is 60.3 Å². The summed E-state index contributed by atoms with van der Waals surface area (Å²) in [7, 11) is 1.62. The molecular formula is C15H18N4O2. The fourth-order valence-electron chi connectivity index (χ4n) is 3.16. The Kier molecular flexibility index (Phi) is 2.83. The fraction of sp³-hybridized carbons (Fsp3) is 0.533. The van der Waals surface area contributed by atoms with Crippen LogP contribution in [-0.2, 0) is 4.79 Å². The summed E-state index contributed by atoms with van der Waals surface area (Å²) in [5.74, 6) is 1.23. The van der Waals surface area contributed by atoms with E-state index in [2.05, 4.69) is 14.5 Å². The van der Waals surface area contributed by atoms with E-state index in [4.69, 9.17) is 4.74 Å². The van der Waals surface area contributed by atoms with E-state index in [1.165, 1.54) is 6.33 Å². The predicted octanol–water partition coefficient (Wildman–Crippen LogP) is 1.62. The molecule has 1 aliphatic carbocycles. The molecule has 3 heterocycles. The Bertz CT molecular complexity index is 692. The summed E-state index contributed by atoms with van der Waals surface area (Å²) < 4.78 is 7.43. The molecule has 2 fully saturated rings. The van der Waals surface area contributed by atoms with Crippen LogP contribution in [0.3, 0.4) is 0 Å². The summed E-state index contributed by atoms with van der Waals surface area (Å²) in [4.78, 5) is 22.7. The zero-order valence-corrected chi connectivity index (χ0v) is 12.0. The van der Waals surface area contributed by atoms with E-state index >= 15 is 0 Å². The third-order valence-corrected chi connectivity index (χ3v) is 4.46. The molecule has 1 atom stereocenters. The van der Waals surface area contributed by atoms with Gasteiger partial charge < -0.3 is 14.2 Å². The first kappa shape index (κ1) is 12.6. The van der Waals surface area contributed by atoms with E-state index in [0.717, 1.165) is 43.4 Å². The Morgan fingerprint density at radius 2 is 2.19 bits per heavy atom. The van der Waals surface area contributed by atoms with Crippen LogP contribution in [0, 0.1) is 5.92 Å². The van der Waals surface area contributed by atoms with Crippen molar-refractivity contribution >= 4 is 16.9 Å². The van der Waals surface area contributed by atoms with E-state index in [1.54, 1.807) is 7.11 Å². The van der Waals surface area contributed by atoms with Crippen molar-refractivity contribution in [3.63, 3.8) is 0 Å². The Morgan fingerprint density at radius 3 is 2.95 bits per heavy atom. The lowest BCUT2D eigenvalue weighted by Crippen LogP contribution is -2.30. The van der Waals surface area contributed by atoms with Crippen molar-refractivity contribution in [3.8, 4) is 5.88 Å². The van der Waals surface area contributed by atoms with Gasteiger partial charge in [-0.15, -0.1) is 0 Å². The Hall–Kier alpha value is -2.11. The molecule has 110 valence electrons. The van der Waals surface area contributed by atoms with Crippen molar-refractivity contribution in [2.75, 3.05) is 20.2 Å². The number of nitrogens with zero attached hydrogens (tertiary/aromatic N) is 4. The number of aromatic nitrogens is 3. The van der Waals surface area contributed by atoms with Gasteiger partial charge in [0, 0.05) is 25.2 Å². The number of rotatable bonds is 3. The predicted molar refractivity (Wildman–Crippen MR) is 77.0 cm³/mol. The van der Waals surface area contributed by atoms with Gasteiger partial charge in [0.15, 0.2) is 0 Å². The van der Waals surface area contributed by atoms with Crippen LogP contribution in [0.5, 0.6) is 5.88 Å². The summed E-state index contributed by atoms with van der Waals surface area (Å²) >= 11 is 0. The average Bonchev–Trinajstić information content (AvgIpc) is 3.09. The first-order chi connectivity index (χ1) is 10.3. The molecule has 0 bridgehead atoms. The van der Waals surface area contributed by atoms with Gasteiger partial charge in [-0.25, -0.2) is 9.97 Å². The van der Waals surface area contributed by atoms with E-state index in [1.807, 2.05) is 17.2 Å². The molecular weight excluding hydrogens is 268 g/mol. The highest BCUT2D eigenvalue weighted by Crippen LogP contribution is 2.34. The molecule has 2 aliphatic rings. The minimum absolute atomic E-state index is 0.296. The molecule has 1 saturated heterocycles. The Labute approximate surface area is 122 Å². The highest BCUT2D eigenvalue weighted by molar-refractivity contribution is 5.82. The number of methoxy groups -OCH3 is 1. The van der Waals surface area contributed by atoms with Gasteiger partial charge in [-0.1, -0.05) is 0 Å². The second-order valence-electron chi connectivity index (χ2n) is 5.84. The van der Waals surface area contributed by atoms with Gasteiger partial charge in [0.1, 0.15) is 12.0 Å². The van der Waals surface area contributed by atoms with E-state index < -0.39 is 0 Å². The summed E-state index contributed by atoms with van der Waals surface area (Å²) in [6, 6.07) is 2.28. The number of carbonyl (C=O) groups is 1. The number of fused-ring (bicyclic) bond motifs is 1. The summed E-state index contributed by atoms with van der Waals surface area (Å²) in [6.07, 6.45) is 6.67. The molecule has 1 amide bonds. The van der Waals surface area contributed by atoms with Crippen LogP contribution < -0.4 is 4.74 Å². The van der Waals surface area contributed by atoms with Gasteiger partial charge in [-0.2, -0.15) is 0 Å². The van der Waals surface area contributed by atoms with Crippen molar-refractivity contribution in [1.29, 1.82) is 0 Å². The van der Waals surface area contributed by atoms with E-state index in [-0.39, 0.29) is 0 Å². The van der Waals surface area contributed by atoms with Crippen molar-refractivity contribution in [2.24, 2.45) is 5.92 Å². The summed E-state index contributed by atoms with van der Waals surface area (Å²) in [6.45, 7) is 1.63. The second kappa shape index (κ2) is 4.72. The van der Waals surface area contributed by atoms with Crippen LogP contribution in [0.1, 0.15) is 25.3 Å². The van der Waals surface area contributed by atoms with Crippen molar-refractivity contribution in [2.45, 2.75) is 25.3 Å². The molecule has 1 saturated carbocycles. The third-order valence-electron chi connectivity index (χ3n) is 4.46. The quantitative estimate of drug-likeness (QED) is 0.860. The molecule has 0 radical (unpaired) electrons. The van der Waals surface area contributed by atoms with Crippen molar-refractivity contribution < 1.29 is 9.53 Å². The molecule has 1 unspecified atom stereocenters. The number of hydrogen-bond donors (Lipinski definition) is 0. The maximum Gasteiger partial charge on any atom is 0.225 e. The molecule has 0 spiro atoms. The Balaban J connectivity index is 1.61. The SMILES string of the molecule is COc1ncnc2c1ccn2C1CCN(C(=O)C2CC2)C1. The van der Waals surface area contributed by atoms with E-state index in [9.17, 15) is 4.79 Å².